The van der Waals surface area contributed by atoms with E-state index < -0.39 is 11.9 Å². The quantitative estimate of drug-likeness (QED) is 0.271. The molecule has 0 saturated carbocycles. The first-order chi connectivity index (χ1) is 16.0. The number of carboxylic acid groups (broad SMARTS) is 1. The number of halogens is 2. The normalized spacial score (nSPS) is 10.9. The average Bonchev–Trinajstić information content (AvgIpc) is 3.49. The summed E-state index contributed by atoms with van der Waals surface area (Å²) in [6.07, 6.45) is 1.36. The Kier molecular flexibility index (Phi) is 7.31. The van der Waals surface area contributed by atoms with Crippen molar-refractivity contribution in [1.82, 2.24) is 25.0 Å². The zero-order valence-corrected chi connectivity index (χ0v) is 18.8. The van der Waals surface area contributed by atoms with Crippen LogP contribution in [0, 0.1) is 6.92 Å². The zero-order valence-electron chi connectivity index (χ0n) is 18.0. The van der Waals surface area contributed by atoms with Crippen LogP contribution in [0.5, 0.6) is 0 Å². The number of rotatable bonds is 6. The van der Waals surface area contributed by atoms with E-state index in [4.69, 9.17) is 21.0 Å². The lowest BCUT2D eigenvalue weighted by molar-refractivity contribution is 0.0132. The summed E-state index contributed by atoms with van der Waals surface area (Å²) < 4.78 is 31.3. The van der Waals surface area contributed by atoms with Crippen LogP contribution in [0.4, 0.5) is 14.6 Å². The van der Waals surface area contributed by atoms with Crippen molar-refractivity contribution in [3.05, 3.63) is 64.2 Å². The molecule has 3 aromatic heterocycles. The van der Waals surface area contributed by atoms with Crippen molar-refractivity contribution in [2.45, 2.75) is 26.3 Å². The third-order valence-corrected chi connectivity index (χ3v) is 4.85. The molecule has 0 aliphatic rings. The lowest BCUT2D eigenvalue weighted by Gasteiger charge is -2.04. The molecule has 0 atom stereocenters. The number of oxazole rings is 1. The monoisotopic (exact) mass is 490 g/mol. The molecule has 11 nitrogen and oxygen atoms in total. The molecule has 0 aliphatic heterocycles. The minimum atomic E-state index is -2.95. The first kappa shape index (κ1) is 24.4. The number of carbonyl (C=O) groups is 1. The van der Waals surface area contributed by atoms with Crippen LogP contribution in [-0.4, -0.2) is 42.0 Å². The SMILES string of the molecule is CC(F)(F)c1csc(Cn2ncc(N=C(N)N)n2)n1.Cc1nc(C(=O)O)c(-c2ccccc2)o1. The molecule has 0 spiro atoms. The molecule has 178 valence electrons. The van der Waals surface area contributed by atoms with Crippen molar-refractivity contribution in [2.24, 2.45) is 16.5 Å². The van der Waals surface area contributed by atoms with Gasteiger partial charge in [-0.05, 0) is 0 Å². The fourth-order valence-electron chi connectivity index (χ4n) is 2.61. The van der Waals surface area contributed by atoms with Gasteiger partial charge in [0.05, 0.1) is 6.20 Å². The Balaban J connectivity index is 0.000000196. The number of nitrogens with two attached hydrogens (primary N) is 2. The molecule has 4 aromatic rings. The predicted octanol–water partition coefficient (Wildman–Crippen LogP) is 3.15. The van der Waals surface area contributed by atoms with Gasteiger partial charge in [-0.1, -0.05) is 30.3 Å². The van der Waals surface area contributed by atoms with Gasteiger partial charge in [0.1, 0.15) is 17.2 Å². The van der Waals surface area contributed by atoms with E-state index in [0.717, 1.165) is 23.8 Å². The minimum Gasteiger partial charge on any atom is -0.476 e. The van der Waals surface area contributed by atoms with Crippen LogP contribution < -0.4 is 11.5 Å². The number of aromatic nitrogens is 5. The highest BCUT2D eigenvalue weighted by Crippen LogP contribution is 2.28. The molecule has 0 fully saturated rings. The van der Waals surface area contributed by atoms with Crippen LogP contribution in [0.1, 0.15) is 34.0 Å². The second-order valence-electron chi connectivity index (χ2n) is 6.87. The first-order valence-corrected chi connectivity index (χ1v) is 10.5. The predicted molar refractivity (Wildman–Crippen MR) is 120 cm³/mol. The molecule has 1 aromatic carbocycles. The summed E-state index contributed by atoms with van der Waals surface area (Å²) in [4.78, 5) is 23.5. The summed E-state index contributed by atoms with van der Waals surface area (Å²) >= 11 is 1.12. The van der Waals surface area contributed by atoms with Gasteiger partial charge in [0, 0.05) is 24.8 Å². The molecular weight excluding hydrogens is 470 g/mol. The number of aliphatic imine (C=N–C) groups is 1. The Hall–Kier alpha value is -4.20. The molecule has 34 heavy (non-hydrogen) atoms. The van der Waals surface area contributed by atoms with Crippen molar-refractivity contribution in [2.75, 3.05) is 0 Å². The number of carboxylic acids is 1. The van der Waals surface area contributed by atoms with E-state index in [1.807, 2.05) is 18.2 Å². The van der Waals surface area contributed by atoms with Gasteiger partial charge in [0.2, 0.25) is 0 Å². The van der Waals surface area contributed by atoms with Gasteiger partial charge < -0.3 is 21.0 Å². The second-order valence-corrected chi connectivity index (χ2v) is 7.81. The van der Waals surface area contributed by atoms with Crippen molar-refractivity contribution < 1.29 is 23.1 Å². The van der Waals surface area contributed by atoms with Crippen LogP contribution in [0.2, 0.25) is 0 Å². The van der Waals surface area contributed by atoms with Crippen molar-refractivity contribution in [1.29, 1.82) is 0 Å². The Morgan fingerprint density at radius 2 is 1.97 bits per heavy atom. The summed E-state index contributed by atoms with van der Waals surface area (Å²) in [6.45, 7) is 2.61. The number of thiazole rings is 1. The summed E-state index contributed by atoms with van der Waals surface area (Å²) in [5.74, 6) is -3.25. The van der Waals surface area contributed by atoms with E-state index in [-0.39, 0.29) is 29.7 Å². The lowest BCUT2D eigenvalue weighted by Crippen LogP contribution is -2.21. The van der Waals surface area contributed by atoms with Gasteiger partial charge in [0.15, 0.2) is 29.1 Å². The standard InChI is InChI=1S/C11H9NO3.C9H11F2N7S/c1-7-12-9(11(13)14)10(15-7)8-5-3-2-4-6-8;1-9(10,11)5-4-19-7(15-5)3-18-14-2-6(17-18)16-8(12)13/h2-6H,1H3,(H,13,14);2,4H,3H2,1H3,(H4,12,13,16,17). The largest absolute Gasteiger partial charge is 0.476 e. The van der Waals surface area contributed by atoms with Crippen molar-refractivity contribution in [3.63, 3.8) is 0 Å². The maximum atomic E-state index is 13.0. The van der Waals surface area contributed by atoms with Gasteiger partial charge in [-0.2, -0.15) is 23.7 Å². The van der Waals surface area contributed by atoms with Crippen LogP contribution in [0.15, 0.2) is 51.3 Å². The van der Waals surface area contributed by atoms with Gasteiger partial charge in [-0.25, -0.2) is 14.8 Å². The number of aromatic carboxylic acids is 1. The van der Waals surface area contributed by atoms with Gasteiger partial charge in [0.25, 0.3) is 5.92 Å². The number of aryl methyl sites for hydroxylation is 1. The molecule has 0 amide bonds. The summed E-state index contributed by atoms with van der Waals surface area (Å²) in [5.41, 5.74) is 10.8. The molecular formula is C20H20F2N8O3S. The van der Waals surface area contributed by atoms with E-state index in [1.165, 1.54) is 16.4 Å². The Morgan fingerprint density at radius 3 is 2.56 bits per heavy atom. The van der Waals surface area contributed by atoms with E-state index in [1.54, 1.807) is 19.1 Å². The summed E-state index contributed by atoms with van der Waals surface area (Å²) in [7, 11) is 0. The van der Waals surface area contributed by atoms with Crippen LogP contribution in [-0.2, 0) is 12.5 Å². The minimum absolute atomic E-state index is 0.0429. The molecule has 3 heterocycles. The van der Waals surface area contributed by atoms with E-state index >= 15 is 0 Å². The third kappa shape index (κ3) is 6.41. The molecule has 4 rings (SSSR count). The Labute approximate surface area is 195 Å². The van der Waals surface area contributed by atoms with Crippen LogP contribution in [0.25, 0.3) is 11.3 Å². The molecule has 14 heteroatoms. The number of nitrogens with zero attached hydrogens (tertiary/aromatic N) is 6. The number of guanidine groups is 1. The van der Waals surface area contributed by atoms with Gasteiger partial charge >= 0.3 is 5.97 Å². The Morgan fingerprint density at radius 1 is 1.26 bits per heavy atom. The molecule has 0 unspecified atom stereocenters. The first-order valence-electron chi connectivity index (χ1n) is 9.61. The van der Waals surface area contributed by atoms with Crippen molar-refractivity contribution >= 4 is 29.1 Å². The highest BCUT2D eigenvalue weighted by molar-refractivity contribution is 7.09. The van der Waals surface area contributed by atoms with Gasteiger partial charge in [-0.3, -0.25) is 0 Å². The number of hydrogen-bond donors (Lipinski definition) is 3. The third-order valence-electron chi connectivity index (χ3n) is 4.02. The molecule has 5 N–H and O–H groups in total. The highest BCUT2D eigenvalue weighted by Gasteiger charge is 2.27. The van der Waals surface area contributed by atoms with E-state index in [2.05, 4.69) is 25.2 Å². The average molecular weight is 490 g/mol. The number of benzene rings is 1. The van der Waals surface area contributed by atoms with Crippen molar-refractivity contribution in [3.8, 4) is 11.3 Å². The highest BCUT2D eigenvalue weighted by atomic mass is 32.1. The Bertz CT molecular complexity index is 1290. The molecule has 0 bridgehead atoms. The molecule has 0 aliphatic carbocycles. The smallest absolute Gasteiger partial charge is 0.358 e. The fourth-order valence-corrected chi connectivity index (χ4v) is 3.46. The van der Waals surface area contributed by atoms with Gasteiger partial charge in [-0.15, -0.1) is 16.4 Å². The lowest BCUT2D eigenvalue weighted by atomic mass is 10.1. The summed E-state index contributed by atoms with van der Waals surface area (Å²) in [6, 6.07) is 9.06. The number of hydrogen-bond acceptors (Lipinski definition) is 8. The molecule has 0 saturated heterocycles. The van der Waals surface area contributed by atoms with E-state index in [0.29, 0.717) is 16.7 Å². The van der Waals surface area contributed by atoms with E-state index in [9.17, 15) is 13.6 Å². The maximum Gasteiger partial charge on any atom is 0.358 e. The van der Waals surface area contributed by atoms with Crippen LogP contribution in [0.3, 0.4) is 0 Å². The zero-order chi connectivity index (χ0) is 24.9. The van der Waals surface area contributed by atoms with Crippen LogP contribution >= 0.6 is 11.3 Å². The molecule has 0 radical (unpaired) electrons. The number of alkyl halides is 2. The fraction of sp³-hybridized carbons (Fsp3) is 0.200. The maximum absolute atomic E-state index is 13.0. The summed E-state index contributed by atoms with van der Waals surface area (Å²) in [5, 5.41) is 18.6. The second kappa shape index (κ2) is 10.2. The topological polar surface area (TPSA) is 171 Å².